The summed E-state index contributed by atoms with van der Waals surface area (Å²) in [6, 6.07) is 68.6. The summed E-state index contributed by atoms with van der Waals surface area (Å²) in [6.07, 6.45) is 0. The molecule has 0 unspecified atom stereocenters. The maximum atomic E-state index is 7.44. The molecule has 4 heteroatoms. The normalized spacial score (nSPS) is 14.5. The molecular formula is C59H39BN2O. The van der Waals surface area contributed by atoms with Gasteiger partial charge in [-0.2, -0.15) is 0 Å². The maximum absolute atomic E-state index is 7.44. The van der Waals surface area contributed by atoms with E-state index in [0.29, 0.717) is 0 Å². The molecule has 15 rings (SSSR count). The zero-order valence-corrected chi connectivity index (χ0v) is 35.2. The molecule has 0 saturated carbocycles. The van der Waals surface area contributed by atoms with Crippen molar-refractivity contribution in [1.29, 1.82) is 0 Å². The van der Waals surface area contributed by atoms with E-state index in [1.165, 1.54) is 121 Å². The number of nitrogens with zero attached hydrogens (tertiary/aromatic N) is 2. The second-order valence-corrected chi connectivity index (χ2v) is 19.1. The van der Waals surface area contributed by atoms with Gasteiger partial charge in [0.15, 0.2) is 0 Å². The van der Waals surface area contributed by atoms with E-state index in [1.54, 1.807) is 0 Å². The zero-order chi connectivity index (χ0) is 41.5. The third-order valence-electron chi connectivity index (χ3n) is 15.1. The van der Waals surface area contributed by atoms with Crippen LogP contribution in [-0.4, -0.2) is 15.8 Å². The highest BCUT2D eigenvalue weighted by Crippen LogP contribution is 2.64. The van der Waals surface area contributed by atoms with Gasteiger partial charge in [-0.3, -0.25) is 0 Å². The molecule has 0 saturated heterocycles. The molecule has 0 atom stereocenters. The average molecular weight is 803 g/mol. The lowest BCUT2D eigenvalue weighted by Gasteiger charge is -2.35. The van der Waals surface area contributed by atoms with Crippen LogP contribution >= 0.6 is 0 Å². The summed E-state index contributed by atoms with van der Waals surface area (Å²) in [5.74, 6) is 1.91. The van der Waals surface area contributed by atoms with Gasteiger partial charge in [0.1, 0.15) is 11.5 Å². The fourth-order valence-electron chi connectivity index (χ4n) is 12.7. The van der Waals surface area contributed by atoms with Crippen molar-refractivity contribution >= 4 is 66.7 Å². The van der Waals surface area contributed by atoms with Crippen LogP contribution in [0, 0.1) is 0 Å². The van der Waals surface area contributed by atoms with Crippen LogP contribution < -0.4 is 21.1 Å². The minimum Gasteiger partial charge on any atom is -0.458 e. The van der Waals surface area contributed by atoms with E-state index in [1.807, 2.05) is 0 Å². The van der Waals surface area contributed by atoms with Crippen molar-refractivity contribution in [2.45, 2.75) is 31.6 Å². The van der Waals surface area contributed by atoms with Crippen LogP contribution in [0.5, 0.6) is 11.5 Å². The van der Waals surface area contributed by atoms with Crippen LogP contribution in [0.25, 0.3) is 77.2 Å². The minimum atomic E-state index is -0.447. The quantitative estimate of drug-likeness (QED) is 0.151. The Labute approximate surface area is 365 Å². The van der Waals surface area contributed by atoms with Crippen molar-refractivity contribution < 1.29 is 4.74 Å². The first-order valence-electron chi connectivity index (χ1n) is 22.3. The maximum Gasteiger partial charge on any atom is 0.256 e. The van der Waals surface area contributed by atoms with Gasteiger partial charge in [0.25, 0.3) is 6.71 Å². The number of hydrogen-bond acceptors (Lipinski definition) is 1. The molecule has 1 spiro atoms. The number of aromatic nitrogens is 2. The number of para-hydroxylation sites is 2. The smallest absolute Gasteiger partial charge is 0.256 e. The second-order valence-electron chi connectivity index (χ2n) is 19.1. The third-order valence-corrected chi connectivity index (χ3v) is 15.1. The summed E-state index contributed by atoms with van der Waals surface area (Å²) in [5.41, 5.74) is 22.4. The summed E-state index contributed by atoms with van der Waals surface area (Å²) in [6.45, 7) is 6.82. The first kappa shape index (κ1) is 34.1. The van der Waals surface area contributed by atoms with Crippen LogP contribution in [-0.2, 0) is 10.8 Å². The SMILES string of the molecule is CC(C)(C)c1ccc(-n2c3ccccc3c3cc4c5c(c6ccccc6n5-c5cccc6c5B4c4ccc5c(c4O6)-c4ccccc4C54c5ccccc5-c5ccccc54)c32)cc1. The van der Waals surface area contributed by atoms with Gasteiger partial charge in [-0.05, 0) is 103 Å². The Balaban J connectivity index is 1.07. The van der Waals surface area contributed by atoms with Crippen molar-refractivity contribution in [3.63, 3.8) is 0 Å². The van der Waals surface area contributed by atoms with E-state index in [-0.39, 0.29) is 12.1 Å². The van der Waals surface area contributed by atoms with Crippen LogP contribution in [0.4, 0.5) is 0 Å². The zero-order valence-electron chi connectivity index (χ0n) is 35.2. The summed E-state index contributed by atoms with van der Waals surface area (Å²) in [4.78, 5) is 0. The molecule has 294 valence electrons. The minimum absolute atomic E-state index is 0.0472. The Morgan fingerprint density at radius 3 is 1.83 bits per heavy atom. The summed E-state index contributed by atoms with van der Waals surface area (Å²) >= 11 is 0. The van der Waals surface area contributed by atoms with Crippen molar-refractivity contribution in [3.8, 4) is 45.1 Å². The van der Waals surface area contributed by atoms with Gasteiger partial charge in [0.2, 0.25) is 0 Å². The Bertz CT molecular complexity index is 3830. The van der Waals surface area contributed by atoms with Crippen molar-refractivity contribution in [1.82, 2.24) is 9.13 Å². The summed E-state index contributed by atoms with van der Waals surface area (Å²) < 4.78 is 12.5. The van der Waals surface area contributed by atoms with Gasteiger partial charge in [-0.25, -0.2) is 0 Å². The average Bonchev–Trinajstić information content (AvgIpc) is 4.03. The Kier molecular flexibility index (Phi) is 6.20. The fourth-order valence-corrected chi connectivity index (χ4v) is 12.7. The van der Waals surface area contributed by atoms with E-state index in [9.17, 15) is 0 Å². The van der Waals surface area contributed by atoms with Crippen LogP contribution in [0.15, 0.2) is 182 Å². The van der Waals surface area contributed by atoms with E-state index in [4.69, 9.17) is 4.74 Å². The topological polar surface area (TPSA) is 19.1 Å². The number of ether oxygens (including phenoxy) is 1. The van der Waals surface area contributed by atoms with E-state index in [0.717, 1.165) is 11.5 Å². The number of fused-ring (bicyclic) bond motifs is 22. The standard InChI is InChI=1S/C59H39BN2O/c1-58(2,3)34-27-29-35(30-28-34)61-48-23-12-7-17-38(48)41-33-47-56-53(55(41)61)40-19-8-13-24-49(40)62(56)50-25-14-26-51-54(50)60(47)46-32-31-45-52(57(46)63-51)39-18-6-11-22-44(39)59(45)42-20-9-4-15-36(42)37-16-5-10-21-43(37)59/h4-33H,1-3H3. The molecule has 0 radical (unpaired) electrons. The molecule has 0 N–H and O–H groups in total. The molecule has 4 heterocycles. The number of rotatable bonds is 1. The molecule has 0 fully saturated rings. The second kappa shape index (κ2) is 11.5. The summed E-state index contributed by atoms with van der Waals surface area (Å²) in [7, 11) is 0. The number of benzene rings is 9. The fraction of sp³-hybridized carbons (Fsp3) is 0.0847. The van der Waals surface area contributed by atoms with Crippen molar-refractivity contribution in [3.05, 3.63) is 210 Å². The molecule has 2 aromatic heterocycles. The highest BCUT2D eigenvalue weighted by atomic mass is 16.5. The lowest BCUT2D eigenvalue weighted by Crippen LogP contribution is -2.58. The van der Waals surface area contributed by atoms with Crippen LogP contribution in [0.2, 0.25) is 0 Å². The molecule has 2 aliphatic heterocycles. The van der Waals surface area contributed by atoms with Gasteiger partial charge in [0, 0.05) is 38.5 Å². The van der Waals surface area contributed by atoms with Crippen LogP contribution in [0.1, 0.15) is 48.6 Å². The van der Waals surface area contributed by atoms with Gasteiger partial charge >= 0.3 is 0 Å². The molecule has 2 aliphatic carbocycles. The van der Waals surface area contributed by atoms with E-state index in [2.05, 4.69) is 212 Å². The Morgan fingerprint density at radius 1 is 0.492 bits per heavy atom. The molecular weight excluding hydrogens is 763 g/mol. The Morgan fingerprint density at radius 2 is 1.11 bits per heavy atom. The molecule has 3 nitrogen and oxygen atoms in total. The molecule has 0 bridgehead atoms. The van der Waals surface area contributed by atoms with Crippen molar-refractivity contribution in [2.75, 3.05) is 0 Å². The third kappa shape index (κ3) is 3.96. The molecule has 0 amide bonds. The number of hydrogen-bond donors (Lipinski definition) is 0. The van der Waals surface area contributed by atoms with Gasteiger partial charge in [0.05, 0.1) is 27.5 Å². The monoisotopic (exact) mass is 802 g/mol. The molecule has 9 aromatic carbocycles. The molecule has 4 aliphatic rings. The van der Waals surface area contributed by atoms with Crippen LogP contribution in [0.3, 0.4) is 0 Å². The lowest BCUT2D eigenvalue weighted by molar-refractivity contribution is 0.488. The summed E-state index contributed by atoms with van der Waals surface area (Å²) in [5, 5.41) is 5.09. The lowest BCUT2D eigenvalue weighted by atomic mass is 9.34. The molecule has 11 aromatic rings. The largest absolute Gasteiger partial charge is 0.458 e. The van der Waals surface area contributed by atoms with E-state index < -0.39 is 5.41 Å². The highest BCUT2D eigenvalue weighted by molar-refractivity contribution is 6.99. The van der Waals surface area contributed by atoms with E-state index >= 15 is 0 Å². The molecule has 63 heavy (non-hydrogen) atoms. The Hall–Kier alpha value is -7.56. The first-order valence-corrected chi connectivity index (χ1v) is 22.3. The first-order chi connectivity index (χ1) is 30.9. The predicted molar refractivity (Wildman–Crippen MR) is 261 cm³/mol. The van der Waals surface area contributed by atoms with Gasteiger partial charge < -0.3 is 13.9 Å². The predicted octanol–water partition coefficient (Wildman–Crippen LogP) is 12.5. The van der Waals surface area contributed by atoms with Crippen molar-refractivity contribution in [2.24, 2.45) is 0 Å². The van der Waals surface area contributed by atoms with Gasteiger partial charge in [-0.1, -0.05) is 166 Å². The highest BCUT2D eigenvalue weighted by Gasteiger charge is 2.54. The van der Waals surface area contributed by atoms with Gasteiger partial charge in [-0.15, -0.1) is 0 Å².